The molecule has 0 aliphatic carbocycles. The van der Waals surface area contributed by atoms with Crippen LogP contribution in [-0.4, -0.2) is 51.6 Å². The zero-order chi connectivity index (χ0) is 24.9. The third-order valence-electron chi connectivity index (χ3n) is 6.73. The van der Waals surface area contributed by atoms with E-state index in [0.29, 0.717) is 17.7 Å². The SMILES string of the molecule is CCOc1ccc(-n2c(SCC(=O)N3CCC(Cc4ccccc4)CC3)nc3c(c2=O)SCC3)cc1. The number of nitrogens with zero attached hydrogens (tertiary/aromatic N) is 3. The maximum absolute atomic E-state index is 13.4. The number of hydrogen-bond donors (Lipinski definition) is 0. The number of fused-ring (bicyclic) bond motifs is 1. The Morgan fingerprint density at radius 1 is 1.11 bits per heavy atom. The molecule has 0 saturated carbocycles. The van der Waals surface area contributed by atoms with Crippen molar-refractivity contribution in [3.05, 3.63) is 76.2 Å². The van der Waals surface area contributed by atoms with Crippen LogP contribution in [0.3, 0.4) is 0 Å². The van der Waals surface area contributed by atoms with E-state index in [2.05, 4.69) is 24.3 Å². The number of carbonyl (C=O) groups excluding carboxylic acids is 1. The first-order valence-corrected chi connectivity index (χ1v) is 14.6. The van der Waals surface area contributed by atoms with Gasteiger partial charge in [-0.3, -0.25) is 14.2 Å². The van der Waals surface area contributed by atoms with E-state index < -0.39 is 0 Å². The maximum atomic E-state index is 13.4. The highest BCUT2D eigenvalue weighted by Gasteiger charge is 2.26. The Balaban J connectivity index is 1.26. The van der Waals surface area contributed by atoms with Crippen LogP contribution >= 0.6 is 23.5 Å². The van der Waals surface area contributed by atoms with Crippen molar-refractivity contribution in [1.82, 2.24) is 14.5 Å². The van der Waals surface area contributed by atoms with Crippen LogP contribution in [0.4, 0.5) is 0 Å². The van der Waals surface area contributed by atoms with Crippen LogP contribution in [0.5, 0.6) is 5.75 Å². The van der Waals surface area contributed by atoms with E-state index in [1.54, 1.807) is 16.3 Å². The second-order valence-electron chi connectivity index (χ2n) is 9.14. The molecule has 0 spiro atoms. The summed E-state index contributed by atoms with van der Waals surface area (Å²) in [4.78, 5) is 34.0. The average Bonchev–Trinajstić information content (AvgIpc) is 3.38. The normalized spacial score (nSPS) is 15.6. The van der Waals surface area contributed by atoms with Crippen LogP contribution in [0.1, 0.15) is 31.0 Å². The first-order valence-electron chi connectivity index (χ1n) is 12.6. The highest BCUT2D eigenvalue weighted by Crippen LogP contribution is 2.31. The molecule has 3 heterocycles. The van der Waals surface area contributed by atoms with Gasteiger partial charge in [-0.2, -0.15) is 0 Å². The quantitative estimate of drug-likeness (QED) is 0.312. The summed E-state index contributed by atoms with van der Waals surface area (Å²) in [7, 11) is 0. The van der Waals surface area contributed by atoms with Crippen molar-refractivity contribution >= 4 is 29.4 Å². The fraction of sp³-hybridized carbons (Fsp3) is 0.393. The van der Waals surface area contributed by atoms with Gasteiger partial charge in [0.15, 0.2) is 5.16 Å². The average molecular weight is 522 g/mol. The van der Waals surface area contributed by atoms with Gasteiger partial charge in [0.25, 0.3) is 5.56 Å². The number of aryl methyl sites for hydroxylation is 1. The van der Waals surface area contributed by atoms with Gasteiger partial charge in [-0.05, 0) is 61.9 Å². The number of benzene rings is 2. The molecule has 3 aromatic rings. The predicted molar refractivity (Wildman–Crippen MR) is 146 cm³/mol. The molecule has 188 valence electrons. The lowest BCUT2D eigenvalue weighted by Crippen LogP contribution is -2.40. The number of piperidine rings is 1. The van der Waals surface area contributed by atoms with Crippen LogP contribution in [0, 0.1) is 5.92 Å². The van der Waals surface area contributed by atoms with Gasteiger partial charge in [-0.25, -0.2) is 4.98 Å². The summed E-state index contributed by atoms with van der Waals surface area (Å²) >= 11 is 2.93. The molecule has 8 heteroatoms. The predicted octanol–water partition coefficient (Wildman–Crippen LogP) is 4.85. The Morgan fingerprint density at radius 3 is 2.58 bits per heavy atom. The number of hydrogen-bond acceptors (Lipinski definition) is 6. The lowest BCUT2D eigenvalue weighted by molar-refractivity contribution is -0.129. The van der Waals surface area contributed by atoms with E-state index in [9.17, 15) is 9.59 Å². The van der Waals surface area contributed by atoms with Crippen molar-refractivity contribution in [1.29, 1.82) is 0 Å². The zero-order valence-electron chi connectivity index (χ0n) is 20.5. The van der Waals surface area contributed by atoms with Gasteiger partial charge in [0.2, 0.25) is 5.91 Å². The summed E-state index contributed by atoms with van der Waals surface area (Å²) in [6.07, 6.45) is 3.91. The molecule has 2 aliphatic rings. The molecule has 5 rings (SSSR count). The topological polar surface area (TPSA) is 64.4 Å². The molecule has 6 nitrogen and oxygen atoms in total. The fourth-order valence-electron chi connectivity index (χ4n) is 4.83. The minimum absolute atomic E-state index is 0.0525. The molecule has 1 saturated heterocycles. The molecular formula is C28H31N3O3S2. The number of likely N-dealkylation sites (tertiary alicyclic amines) is 1. The lowest BCUT2D eigenvalue weighted by Gasteiger charge is -2.32. The van der Waals surface area contributed by atoms with Gasteiger partial charge in [0.05, 0.1) is 28.6 Å². The molecule has 36 heavy (non-hydrogen) atoms. The largest absolute Gasteiger partial charge is 0.494 e. The molecule has 0 N–H and O–H groups in total. The van der Waals surface area contributed by atoms with Gasteiger partial charge < -0.3 is 9.64 Å². The number of ether oxygens (including phenoxy) is 1. The van der Waals surface area contributed by atoms with Crippen molar-refractivity contribution < 1.29 is 9.53 Å². The van der Waals surface area contributed by atoms with Gasteiger partial charge in [-0.15, -0.1) is 11.8 Å². The highest BCUT2D eigenvalue weighted by molar-refractivity contribution is 8.00. The van der Waals surface area contributed by atoms with Crippen molar-refractivity contribution in [3.8, 4) is 11.4 Å². The fourth-order valence-corrected chi connectivity index (χ4v) is 6.78. The summed E-state index contributed by atoms with van der Waals surface area (Å²) in [5, 5.41) is 0.581. The van der Waals surface area contributed by atoms with E-state index in [1.807, 2.05) is 42.2 Å². The van der Waals surface area contributed by atoms with Crippen molar-refractivity contribution in [2.24, 2.45) is 5.92 Å². The van der Waals surface area contributed by atoms with Gasteiger partial charge in [0.1, 0.15) is 5.75 Å². The second kappa shape index (κ2) is 11.6. The minimum Gasteiger partial charge on any atom is -0.494 e. The van der Waals surface area contributed by atoms with Crippen LogP contribution in [0.15, 0.2) is 69.4 Å². The van der Waals surface area contributed by atoms with Crippen LogP contribution in [0.25, 0.3) is 5.69 Å². The molecule has 1 aromatic heterocycles. The minimum atomic E-state index is -0.0525. The summed E-state index contributed by atoms with van der Waals surface area (Å²) < 4.78 is 7.21. The molecule has 0 atom stereocenters. The summed E-state index contributed by atoms with van der Waals surface area (Å²) in [6, 6.07) is 18.1. The smallest absolute Gasteiger partial charge is 0.272 e. The first-order chi connectivity index (χ1) is 17.6. The van der Waals surface area contributed by atoms with E-state index >= 15 is 0 Å². The van der Waals surface area contributed by atoms with Gasteiger partial charge in [-0.1, -0.05) is 42.1 Å². The number of carbonyl (C=O) groups is 1. The van der Waals surface area contributed by atoms with Crippen LogP contribution in [-0.2, 0) is 17.6 Å². The van der Waals surface area contributed by atoms with Gasteiger partial charge in [0, 0.05) is 25.3 Å². The van der Waals surface area contributed by atoms with E-state index in [1.165, 1.54) is 17.3 Å². The summed E-state index contributed by atoms with van der Waals surface area (Å²) in [5.74, 6) is 2.63. The Morgan fingerprint density at radius 2 is 1.86 bits per heavy atom. The second-order valence-corrected chi connectivity index (χ2v) is 11.2. The number of thioether (sulfide) groups is 2. The van der Waals surface area contributed by atoms with E-state index in [0.717, 1.165) is 66.6 Å². The third-order valence-corrected chi connectivity index (χ3v) is 8.76. The van der Waals surface area contributed by atoms with Crippen LogP contribution in [0.2, 0.25) is 0 Å². The zero-order valence-corrected chi connectivity index (χ0v) is 22.2. The van der Waals surface area contributed by atoms with Gasteiger partial charge >= 0.3 is 0 Å². The molecule has 1 amide bonds. The Bertz CT molecular complexity index is 1250. The summed E-state index contributed by atoms with van der Waals surface area (Å²) in [5.41, 5.74) is 2.90. The molecule has 0 bridgehead atoms. The first kappa shape index (κ1) is 25.0. The number of rotatable bonds is 8. The van der Waals surface area contributed by atoms with E-state index in [-0.39, 0.29) is 17.2 Å². The molecule has 1 fully saturated rings. The standard InChI is InChI=1S/C28H31N3O3S2/c1-2-34-23-10-8-22(9-11-23)31-27(33)26-24(14-17-35-26)29-28(31)36-19-25(32)30-15-12-21(13-16-30)18-20-6-4-3-5-7-20/h3-11,21H,2,12-19H2,1H3. The maximum Gasteiger partial charge on any atom is 0.272 e. The molecule has 2 aliphatic heterocycles. The Hall–Kier alpha value is -2.71. The molecular weight excluding hydrogens is 490 g/mol. The third kappa shape index (κ3) is 5.65. The Kier molecular flexibility index (Phi) is 8.02. The molecule has 2 aromatic carbocycles. The van der Waals surface area contributed by atoms with E-state index in [4.69, 9.17) is 9.72 Å². The number of aromatic nitrogens is 2. The molecule has 0 radical (unpaired) electrons. The number of amides is 1. The van der Waals surface area contributed by atoms with Crippen LogP contribution < -0.4 is 10.3 Å². The van der Waals surface area contributed by atoms with Crippen molar-refractivity contribution in [3.63, 3.8) is 0 Å². The van der Waals surface area contributed by atoms with Crippen molar-refractivity contribution in [2.75, 3.05) is 31.2 Å². The summed E-state index contributed by atoms with van der Waals surface area (Å²) in [6.45, 7) is 4.11. The lowest BCUT2D eigenvalue weighted by atomic mass is 9.90. The van der Waals surface area contributed by atoms with Crippen molar-refractivity contribution in [2.45, 2.75) is 42.7 Å². The monoisotopic (exact) mass is 521 g/mol. The Labute approximate surface area is 220 Å². The molecule has 0 unspecified atom stereocenters. The highest BCUT2D eigenvalue weighted by atomic mass is 32.2.